The molecular weight excluding hydrogens is 384 g/mol. The van der Waals surface area contributed by atoms with Crippen LogP contribution in [0.2, 0.25) is 5.02 Å². The summed E-state index contributed by atoms with van der Waals surface area (Å²) in [6.07, 6.45) is -11.1. The fraction of sp³-hybridized carbons (Fsp3) is 0.385. The summed E-state index contributed by atoms with van der Waals surface area (Å²) in [5.41, 5.74) is -6.87. The maximum Gasteiger partial charge on any atom is 0.471 e. The van der Waals surface area contributed by atoms with E-state index in [9.17, 15) is 41.0 Å². The highest BCUT2D eigenvalue weighted by atomic mass is 35.5. The van der Waals surface area contributed by atoms with E-state index < -0.39 is 52.7 Å². The van der Waals surface area contributed by atoms with Crippen molar-refractivity contribution in [3.8, 4) is 0 Å². The molecule has 0 spiro atoms. The molecule has 0 aliphatic carbocycles. The molecule has 1 aromatic carbocycles. The summed E-state index contributed by atoms with van der Waals surface area (Å²) in [6, 6.07) is 1.84. The van der Waals surface area contributed by atoms with Gasteiger partial charge in [0.1, 0.15) is 0 Å². The number of halogens is 7. The molecule has 0 heterocycles. The first kappa shape index (κ1) is 21.0. The molecule has 1 amide bonds. The Bertz CT molecular complexity index is 675. The smallest absolute Gasteiger partial charge is 0.463 e. The highest BCUT2D eigenvalue weighted by molar-refractivity contribution is 6.30. The van der Waals surface area contributed by atoms with Crippen molar-refractivity contribution in [1.29, 1.82) is 0 Å². The number of carbonyl (C=O) groups excluding carboxylic acids is 2. The molecule has 0 fully saturated rings. The van der Waals surface area contributed by atoms with Crippen molar-refractivity contribution >= 4 is 29.2 Å². The van der Waals surface area contributed by atoms with Crippen molar-refractivity contribution in [3.05, 3.63) is 28.8 Å². The highest BCUT2D eigenvalue weighted by Crippen LogP contribution is 2.44. The molecule has 0 saturated heterocycles. The summed E-state index contributed by atoms with van der Waals surface area (Å²) >= 11 is 5.52. The number of aliphatic hydroxyl groups is 1. The number of hydrogen-bond donors (Lipinski definition) is 2. The van der Waals surface area contributed by atoms with Crippen LogP contribution in [-0.2, 0) is 19.9 Å². The van der Waals surface area contributed by atoms with Gasteiger partial charge in [0.15, 0.2) is 0 Å². The van der Waals surface area contributed by atoms with E-state index in [0.717, 1.165) is 18.3 Å². The molecule has 140 valence electrons. The van der Waals surface area contributed by atoms with Gasteiger partial charge in [-0.3, -0.25) is 4.79 Å². The van der Waals surface area contributed by atoms with Gasteiger partial charge in [0, 0.05) is 16.3 Å². The SMILES string of the molecule is CCOC(=O)C(O)(c1cc(Cl)ccc1NC(=O)C(F)(F)F)C(F)(F)F. The summed E-state index contributed by atoms with van der Waals surface area (Å²) in [4.78, 5) is 22.7. The Balaban J connectivity index is 3.57. The molecule has 25 heavy (non-hydrogen) atoms. The zero-order valence-corrected chi connectivity index (χ0v) is 13.0. The number of benzene rings is 1. The first-order valence-corrected chi connectivity index (χ1v) is 6.77. The molecular formula is C13H10ClF6NO4. The van der Waals surface area contributed by atoms with E-state index in [1.165, 1.54) is 0 Å². The fourth-order valence-electron chi connectivity index (χ4n) is 1.73. The zero-order chi connectivity index (χ0) is 19.6. The van der Waals surface area contributed by atoms with Crippen LogP contribution in [0.25, 0.3) is 0 Å². The standard InChI is InChI=1S/C13H10ClF6NO4/c1-2-25-10(23)11(24,13(18,19)20)7-5-6(14)3-4-8(7)21-9(22)12(15,16)17/h3-5,24H,2H2,1H3,(H,21,22). The molecule has 1 atom stereocenters. The fourth-order valence-corrected chi connectivity index (χ4v) is 1.90. The minimum absolute atomic E-state index is 0.401. The first-order chi connectivity index (χ1) is 11.2. The van der Waals surface area contributed by atoms with Crippen LogP contribution in [-0.4, -0.2) is 35.9 Å². The number of rotatable bonds is 4. The first-order valence-electron chi connectivity index (χ1n) is 6.39. The molecule has 1 aromatic rings. The largest absolute Gasteiger partial charge is 0.471 e. The van der Waals surface area contributed by atoms with Crippen LogP contribution in [0.1, 0.15) is 12.5 Å². The Morgan fingerprint density at radius 1 is 1.20 bits per heavy atom. The van der Waals surface area contributed by atoms with Gasteiger partial charge in [-0.1, -0.05) is 11.6 Å². The van der Waals surface area contributed by atoms with Crippen molar-refractivity contribution in [2.45, 2.75) is 24.9 Å². The minimum Gasteiger partial charge on any atom is -0.463 e. The summed E-state index contributed by atoms with van der Waals surface area (Å²) in [5.74, 6) is -4.79. The van der Waals surface area contributed by atoms with Crippen LogP contribution in [0.15, 0.2) is 18.2 Å². The van der Waals surface area contributed by atoms with Gasteiger partial charge >= 0.3 is 24.2 Å². The maximum atomic E-state index is 13.3. The molecule has 0 aliphatic rings. The molecule has 12 heteroatoms. The van der Waals surface area contributed by atoms with Gasteiger partial charge in [-0.15, -0.1) is 0 Å². The van der Waals surface area contributed by atoms with E-state index in [-0.39, 0.29) is 0 Å². The van der Waals surface area contributed by atoms with Gasteiger partial charge in [0.2, 0.25) is 0 Å². The van der Waals surface area contributed by atoms with Crippen molar-refractivity contribution < 1.29 is 45.8 Å². The van der Waals surface area contributed by atoms with Crippen molar-refractivity contribution in [3.63, 3.8) is 0 Å². The Labute approximate surface area is 141 Å². The third kappa shape index (κ3) is 4.34. The van der Waals surface area contributed by atoms with Gasteiger partial charge < -0.3 is 15.2 Å². The van der Waals surface area contributed by atoms with Crippen molar-refractivity contribution in [1.82, 2.24) is 0 Å². The predicted molar refractivity (Wildman–Crippen MR) is 72.7 cm³/mol. The van der Waals surface area contributed by atoms with Crippen molar-refractivity contribution in [2.24, 2.45) is 0 Å². The second-order valence-electron chi connectivity index (χ2n) is 4.57. The molecule has 2 N–H and O–H groups in total. The van der Waals surface area contributed by atoms with Gasteiger partial charge in [0.25, 0.3) is 5.60 Å². The molecule has 1 unspecified atom stereocenters. The third-order valence-electron chi connectivity index (χ3n) is 2.86. The topological polar surface area (TPSA) is 75.6 Å². The van der Waals surface area contributed by atoms with E-state index in [1.54, 1.807) is 0 Å². The number of carbonyl (C=O) groups is 2. The van der Waals surface area contributed by atoms with Crippen LogP contribution in [0.3, 0.4) is 0 Å². The van der Waals surface area contributed by atoms with Crippen LogP contribution >= 0.6 is 11.6 Å². The second kappa shape index (κ2) is 7.08. The quantitative estimate of drug-likeness (QED) is 0.608. The van der Waals surface area contributed by atoms with E-state index in [1.807, 2.05) is 0 Å². The van der Waals surface area contributed by atoms with Crippen LogP contribution in [0.5, 0.6) is 0 Å². The average molecular weight is 394 g/mol. The lowest BCUT2D eigenvalue weighted by molar-refractivity contribution is -0.267. The Kier molecular flexibility index (Phi) is 5.96. The predicted octanol–water partition coefficient (Wildman–Crippen LogP) is 3.15. The zero-order valence-electron chi connectivity index (χ0n) is 12.3. The van der Waals surface area contributed by atoms with Crippen LogP contribution < -0.4 is 5.32 Å². The molecule has 5 nitrogen and oxygen atoms in total. The van der Waals surface area contributed by atoms with Gasteiger partial charge in [-0.2, -0.15) is 26.3 Å². The van der Waals surface area contributed by atoms with E-state index in [2.05, 4.69) is 4.74 Å². The van der Waals surface area contributed by atoms with Crippen molar-refractivity contribution in [2.75, 3.05) is 11.9 Å². The normalized spacial score (nSPS) is 14.6. The number of amides is 1. The van der Waals surface area contributed by atoms with Gasteiger partial charge in [-0.25, -0.2) is 4.79 Å². The lowest BCUT2D eigenvalue weighted by Gasteiger charge is -2.30. The highest BCUT2D eigenvalue weighted by Gasteiger charge is 2.63. The van der Waals surface area contributed by atoms with Crippen LogP contribution in [0.4, 0.5) is 32.0 Å². The molecule has 0 saturated carbocycles. The number of anilines is 1. The Morgan fingerprint density at radius 3 is 2.20 bits per heavy atom. The van der Waals surface area contributed by atoms with E-state index in [0.29, 0.717) is 12.1 Å². The van der Waals surface area contributed by atoms with E-state index in [4.69, 9.17) is 11.6 Å². The average Bonchev–Trinajstić information content (AvgIpc) is 2.46. The minimum atomic E-state index is -5.68. The summed E-state index contributed by atoms with van der Waals surface area (Å²) in [7, 11) is 0. The number of alkyl halides is 6. The molecule has 0 aliphatic heterocycles. The number of ether oxygens (including phenoxy) is 1. The third-order valence-corrected chi connectivity index (χ3v) is 3.09. The number of nitrogens with one attached hydrogen (secondary N) is 1. The molecule has 0 aromatic heterocycles. The number of hydrogen-bond acceptors (Lipinski definition) is 4. The Hall–Kier alpha value is -2.01. The van der Waals surface area contributed by atoms with Crippen LogP contribution in [0, 0.1) is 0 Å². The maximum absolute atomic E-state index is 13.3. The lowest BCUT2D eigenvalue weighted by atomic mass is 9.91. The second-order valence-corrected chi connectivity index (χ2v) is 5.01. The molecule has 0 radical (unpaired) electrons. The van der Waals surface area contributed by atoms with E-state index >= 15 is 0 Å². The molecule has 0 bridgehead atoms. The number of esters is 1. The summed E-state index contributed by atoms with van der Waals surface area (Å²) in [5, 5.41) is 10.7. The molecule has 1 rings (SSSR count). The van der Waals surface area contributed by atoms with Gasteiger partial charge in [0.05, 0.1) is 6.61 Å². The van der Waals surface area contributed by atoms with Gasteiger partial charge in [-0.05, 0) is 25.1 Å². The summed E-state index contributed by atoms with van der Waals surface area (Å²) < 4.78 is 81.1. The summed E-state index contributed by atoms with van der Waals surface area (Å²) in [6.45, 7) is 0.598. The lowest BCUT2D eigenvalue weighted by Crippen LogP contribution is -2.50. The Morgan fingerprint density at radius 2 is 1.76 bits per heavy atom. The monoisotopic (exact) mass is 393 g/mol.